The van der Waals surface area contributed by atoms with Gasteiger partial charge in [-0.15, -0.1) is 24.8 Å². The van der Waals surface area contributed by atoms with Crippen molar-refractivity contribution in [3.63, 3.8) is 0 Å². The molecule has 1 aromatic rings. The summed E-state index contributed by atoms with van der Waals surface area (Å²) in [5.74, 6) is 0.187. The summed E-state index contributed by atoms with van der Waals surface area (Å²) in [5, 5.41) is 6.43. The Morgan fingerprint density at radius 3 is 2.78 bits per heavy atom. The van der Waals surface area contributed by atoms with Gasteiger partial charge in [-0.25, -0.2) is 0 Å². The largest absolute Gasteiger partial charge is 0.355 e. The summed E-state index contributed by atoms with van der Waals surface area (Å²) in [5.41, 5.74) is 2.91. The molecule has 1 atom stereocenters. The molecule has 0 radical (unpaired) electrons. The zero-order valence-electron chi connectivity index (χ0n) is 13.4. The average Bonchev–Trinajstić information content (AvgIpc) is 3.00. The number of rotatable bonds is 5. The lowest BCUT2D eigenvalue weighted by atomic mass is 10.00. The lowest BCUT2D eigenvalue weighted by molar-refractivity contribution is -0.121. The van der Waals surface area contributed by atoms with Crippen LogP contribution in [0.2, 0.25) is 0 Å². The molecule has 2 heterocycles. The third-order valence-corrected chi connectivity index (χ3v) is 4.55. The second kappa shape index (κ2) is 10.1. The fraction of sp³-hybridized carbons (Fsp3) is 0.588. The first-order chi connectivity index (χ1) is 10.3. The summed E-state index contributed by atoms with van der Waals surface area (Å²) < 4.78 is 0. The van der Waals surface area contributed by atoms with E-state index in [4.69, 9.17) is 0 Å². The molecule has 1 aromatic carbocycles. The average molecular weight is 360 g/mol. The lowest BCUT2D eigenvalue weighted by Gasteiger charge is -2.28. The minimum absolute atomic E-state index is 0. The van der Waals surface area contributed by atoms with Gasteiger partial charge in [-0.05, 0) is 36.9 Å². The quantitative estimate of drug-likeness (QED) is 0.846. The summed E-state index contributed by atoms with van der Waals surface area (Å²) >= 11 is 0. The number of benzene rings is 1. The van der Waals surface area contributed by atoms with Gasteiger partial charge < -0.3 is 10.6 Å². The molecule has 0 aliphatic carbocycles. The van der Waals surface area contributed by atoms with E-state index < -0.39 is 0 Å². The van der Waals surface area contributed by atoms with Crippen LogP contribution in [-0.2, 0) is 17.8 Å². The van der Waals surface area contributed by atoms with Gasteiger partial charge in [0.05, 0.1) is 0 Å². The molecule has 0 aromatic heterocycles. The van der Waals surface area contributed by atoms with E-state index in [1.807, 2.05) is 0 Å². The van der Waals surface area contributed by atoms with Crippen molar-refractivity contribution in [2.24, 2.45) is 0 Å². The molecule has 2 aliphatic rings. The molecule has 6 heteroatoms. The standard InChI is InChI=1S/C17H25N3O.2ClH/c21-17(12-16-6-3-8-18-16)19-9-11-20-10-7-14-4-1-2-5-15(14)13-20;;/h1-2,4-5,16,18H,3,6-13H2,(H,19,21);2*1H. The van der Waals surface area contributed by atoms with E-state index in [2.05, 4.69) is 39.8 Å². The SMILES string of the molecule is Cl.Cl.O=C(CC1CCCN1)NCCN1CCc2ccccc2C1. The molecule has 0 bridgehead atoms. The highest BCUT2D eigenvalue weighted by molar-refractivity contribution is 5.85. The van der Waals surface area contributed by atoms with E-state index in [-0.39, 0.29) is 30.7 Å². The Hall–Kier alpha value is -0.810. The molecule has 2 aliphatic heterocycles. The summed E-state index contributed by atoms with van der Waals surface area (Å²) in [6.07, 6.45) is 4.08. The minimum Gasteiger partial charge on any atom is -0.355 e. The maximum atomic E-state index is 11.9. The number of halogens is 2. The molecule has 130 valence electrons. The van der Waals surface area contributed by atoms with Crippen molar-refractivity contribution in [3.05, 3.63) is 35.4 Å². The third-order valence-electron chi connectivity index (χ3n) is 4.55. The predicted molar refractivity (Wildman–Crippen MR) is 98.6 cm³/mol. The van der Waals surface area contributed by atoms with Gasteiger partial charge in [0, 0.05) is 38.6 Å². The number of amides is 1. The Bertz CT molecular complexity index is 492. The minimum atomic E-state index is 0. The number of hydrogen-bond acceptors (Lipinski definition) is 3. The predicted octanol–water partition coefficient (Wildman–Crippen LogP) is 2.15. The molecule has 1 unspecified atom stereocenters. The topological polar surface area (TPSA) is 44.4 Å². The second-order valence-electron chi connectivity index (χ2n) is 6.14. The Kier molecular flexibility index (Phi) is 8.92. The van der Waals surface area contributed by atoms with Gasteiger partial charge in [-0.2, -0.15) is 0 Å². The molecule has 1 saturated heterocycles. The van der Waals surface area contributed by atoms with Gasteiger partial charge in [0.2, 0.25) is 5.91 Å². The summed E-state index contributed by atoms with van der Waals surface area (Å²) in [6.45, 7) is 4.87. The van der Waals surface area contributed by atoms with E-state index in [9.17, 15) is 4.79 Å². The van der Waals surface area contributed by atoms with Crippen LogP contribution in [0, 0.1) is 0 Å². The molecule has 1 fully saturated rings. The monoisotopic (exact) mass is 359 g/mol. The first-order valence-electron chi connectivity index (χ1n) is 8.10. The number of nitrogens with zero attached hydrogens (tertiary/aromatic N) is 1. The summed E-state index contributed by atoms with van der Waals surface area (Å²) in [6, 6.07) is 9.06. The van der Waals surface area contributed by atoms with Gasteiger partial charge in [0.25, 0.3) is 0 Å². The van der Waals surface area contributed by atoms with Gasteiger partial charge in [-0.3, -0.25) is 9.69 Å². The molecular formula is C17H27Cl2N3O. The van der Waals surface area contributed by atoms with Gasteiger partial charge in [-0.1, -0.05) is 24.3 Å². The van der Waals surface area contributed by atoms with Crippen LogP contribution in [0.5, 0.6) is 0 Å². The van der Waals surface area contributed by atoms with Crippen LogP contribution in [-0.4, -0.2) is 43.0 Å². The van der Waals surface area contributed by atoms with Crippen molar-refractivity contribution in [2.45, 2.75) is 38.3 Å². The van der Waals surface area contributed by atoms with Crippen LogP contribution < -0.4 is 10.6 Å². The van der Waals surface area contributed by atoms with Crippen LogP contribution in [0.25, 0.3) is 0 Å². The van der Waals surface area contributed by atoms with Crippen molar-refractivity contribution in [2.75, 3.05) is 26.2 Å². The highest BCUT2D eigenvalue weighted by Gasteiger charge is 2.18. The zero-order chi connectivity index (χ0) is 14.5. The molecule has 2 N–H and O–H groups in total. The number of carbonyl (C=O) groups is 1. The fourth-order valence-corrected chi connectivity index (χ4v) is 3.33. The van der Waals surface area contributed by atoms with E-state index in [1.165, 1.54) is 17.5 Å². The second-order valence-corrected chi connectivity index (χ2v) is 6.14. The Morgan fingerprint density at radius 1 is 1.26 bits per heavy atom. The van der Waals surface area contributed by atoms with Crippen LogP contribution in [0.4, 0.5) is 0 Å². The van der Waals surface area contributed by atoms with Crippen LogP contribution >= 0.6 is 24.8 Å². The summed E-state index contributed by atoms with van der Waals surface area (Å²) in [7, 11) is 0. The molecule has 4 nitrogen and oxygen atoms in total. The molecule has 0 spiro atoms. The van der Waals surface area contributed by atoms with Gasteiger partial charge in [0.15, 0.2) is 0 Å². The lowest BCUT2D eigenvalue weighted by Crippen LogP contribution is -2.39. The Balaban J connectivity index is 0.00000132. The highest BCUT2D eigenvalue weighted by Crippen LogP contribution is 2.17. The highest BCUT2D eigenvalue weighted by atomic mass is 35.5. The molecule has 3 rings (SSSR count). The first kappa shape index (κ1) is 20.2. The number of nitrogens with one attached hydrogen (secondary N) is 2. The molecular weight excluding hydrogens is 333 g/mol. The molecule has 0 saturated carbocycles. The third kappa shape index (κ3) is 5.96. The maximum Gasteiger partial charge on any atom is 0.221 e. The normalized spacial score (nSPS) is 20.1. The number of carbonyl (C=O) groups excluding carboxylic acids is 1. The van der Waals surface area contributed by atoms with Crippen molar-refractivity contribution in [1.82, 2.24) is 15.5 Å². The smallest absolute Gasteiger partial charge is 0.221 e. The molecule has 23 heavy (non-hydrogen) atoms. The Labute approximate surface area is 151 Å². The number of fused-ring (bicyclic) bond motifs is 1. The first-order valence-corrected chi connectivity index (χ1v) is 8.10. The number of hydrogen-bond donors (Lipinski definition) is 2. The van der Waals surface area contributed by atoms with E-state index in [0.717, 1.165) is 45.6 Å². The van der Waals surface area contributed by atoms with Crippen LogP contribution in [0.1, 0.15) is 30.4 Å². The van der Waals surface area contributed by atoms with Crippen molar-refractivity contribution in [3.8, 4) is 0 Å². The fourth-order valence-electron chi connectivity index (χ4n) is 3.33. The van der Waals surface area contributed by atoms with Crippen molar-refractivity contribution >= 4 is 30.7 Å². The summed E-state index contributed by atoms with van der Waals surface area (Å²) in [4.78, 5) is 14.3. The van der Waals surface area contributed by atoms with E-state index in [1.54, 1.807) is 0 Å². The van der Waals surface area contributed by atoms with Gasteiger partial charge in [0.1, 0.15) is 0 Å². The maximum absolute atomic E-state index is 11.9. The van der Waals surface area contributed by atoms with E-state index >= 15 is 0 Å². The van der Waals surface area contributed by atoms with Gasteiger partial charge >= 0.3 is 0 Å². The van der Waals surface area contributed by atoms with Crippen LogP contribution in [0.15, 0.2) is 24.3 Å². The van der Waals surface area contributed by atoms with Crippen molar-refractivity contribution in [1.29, 1.82) is 0 Å². The van der Waals surface area contributed by atoms with Crippen LogP contribution in [0.3, 0.4) is 0 Å². The Morgan fingerprint density at radius 2 is 2.04 bits per heavy atom. The zero-order valence-corrected chi connectivity index (χ0v) is 15.1. The van der Waals surface area contributed by atoms with E-state index in [0.29, 0.717) is 12.5 Å². The van der Waals surface area contributed by atoms with Crippen molar-refractivity contribution < 1.29 is 4.79 Å². The molecule has 1 amide bonds.